The molecule has 1 rings (SSSR count). The molecule has 1 aliphatic heterocycles. The average molecular weight is 258 g/mol. The third kappa shape index (κ3) is 6.69. The molecule has 0 radical (unpaired) electrons. The van der Waals surface area contributed by atoms with Gasteiger partial charge in [0.05, 0.1) is 18.8 Å². The molecular formula is C14H30N2O2. The van der Waals surface area contributed by atoms with Crippen molar-refractivity contribution in [2.45, 2.75) is 39.4 Å². The summed E-state index contributed by atoms with van der Waals surface area (Å²) in [4.78, 5) is 4.76. The molecule has 4 nitrogen and oxygen atoms in total. The summed E-state index contributed by atoms with van der Waals surface area (Å²) in [5, 5.41) is 9.28. The molecule has 0 aromatic rings. The molecular weight excluding hydrogens is 228 g/mol. The van der Waals surface area contributed by atoms with E-state index >= 15 is 0 Å². The van der Waals surface area contributed by atoms with Gasteiger partial charge >= 0.3 is 0 Å². The Morgan fingerprint density at radius 1 is 1.39 bits per heavy atom. The normalized spacial score (nSPS) is 23.8. The minimum atomic E-state index is -0.211. The lowest BCUT2D eigenvalue weighted by Crippen LogP contribution is -2.48. The van der Waals surface area contributed by atoms with E-state index in [0.717, 1.165) is 51.7 Å². The topological polar surface area (TPSA) is 35.9 Å². The van der Waals surface area contributed by atoms with E-state index in [4.69, 9.17) is 4.74 Å². The first-order valence-corrected chi connectivity index (χ1v) is 7.18. The zero-order valence-corrected chi connectivity index (χ0v) is 12.4. The second-order valence-electron chi connectivity index (χ2n) is 6.05. The van der Waals surface area contributed by atoms with Crippen molar-refractivity contribution in [3.05, 3.63) is 0 Å². The van der Waals surface area contributed by atoms with E-state index in [1.165, 1.54) is 0 Å². The van der Waals surface area contributed by atoms with Crippen LogP contribution in [0.2, 0.25) is 0 Å². The van der Waals surface area contributed by atoms with Crippen LogP contribution in [0, 0.1) is 5.92 Å². The van der Waals surface area contributed by atoms with Gasteiger partial charge < -0.3 is 14.7 Å². The molecule has 1 N–H and O–H groups in total. The molecule has 0 aromatic heterocycles. The number of morpholine rings is 1. The number of nitrogens with zero attached hydrogens (tertiary/aromatic N) is 2. The van der Waals surface area contributed by atoms with Crippen LogP contribution in [-0.2, 0) is 4.74 Å². The Morgan fingerprint density at radius 3 is 2.72 bits per heavy atom. The predicted molar refractivity (Wildman–Crippen MR) is 74.8 cm³/mol. The van der Waals surface area contributed by atoms with Crippen LogP contribution in [0.5, 0.6) is 0 Å². The highest BCUT2D eigenvalue weighted by Gasteiger charge is 2.21. The van der Waals surface area contributed by atoms with Crippen LogP contribution < -0.4 is 0 Å². The molecule has 0 saturated carbocycles. The van der Waals surface area contributed by atoms with Gasteiger partial charge in [0.1, 0.15) is 0 Å². The summed E-state index contributed by atoms with van der Waals surface area (Å²) in [5.41, 5.74) is 0. The second kappa shape index (κ2) is 8.10. The molecule has 2 unspecified atom stereocenters. The van der Waals surface area contributed by atoms with Crippen molar-refractivity contribution in [2.75, 3.05) is 46.4 Å². The van der Waals surface area contributed by atoms with E-state index < -0.39 is 0 Å². The van der Waals surface area contributed by atoms with E-state index in [2.05, 4.69) is 30.7 Å². The summed E-state index contributed by atoms with van der Waals surface area (Å²) in [6, 6.07) is 0. The Labute approximate surface area is 112 Å². The monoisotopic (exact) mass is 258 g/mol. The number of aliphatic hydroxyl groups is 1. The molecule has 0 aliphatic carbocycles. The van der Waals surface area contributed by atoms with E-state index in [1.807, 2.05) is 6.92 Å². The van der Waals surface area contributed by atoms with E-state index in [-0.39, 0.29) is 6.10 Å². The van der Waals surface area contributed by atoms with E-state index in [0.29, 0.717) is 6.10 Å². The first-order valence-electron chi connectivity index (χ1n) is 7.18. The zero-order chi connectivity index (χ0) is 13.5. The van der Waals surface area contributed by atoms with Crippen LogP contribution in [0.1, 0.15) is 27.2 Å². The molecule has 1 fully saturated rings. The number of aliphatic hydroxyl groups excluding tert-OH is 1. The maximum Gasteiger partial charge on any atom is 0.0829 e. The molecule has 4 heteroatoms. The quantitative estimate of drug-likeness (QED) is 0.740. The van der Waals surface area contributed by atoms with Gasteiger partial charge in [-0.05, 0) is 26.3 Å². The van der Waals surface area contributed by atoms with Crippen molar-refractivity contribution in [3.8, 4) is 0 Å². The summed E-state index contributed by atoms with van der Waals surface area (Å²) in [6.45, 7) is 12.4. The van der Waals surface area contributed by atoms with Gasteiger partial charge in [0.2, 0.25) is 0 Å². The highest BCUT2D eigenvalue weighted by atomic mass is 16.5. The second-order valence-corrected chi connectivity index (χ2v) is 6.05. The van der Waals surface area contributed by atoms with Gasteiger partial charge in [0.25, 0.3) is 0 Å². The molecule has 1 aliphatic rings. The Balaban J connectivity index is 2.24. The molecule has 1 saturated heterocycles. The molecule has 2 atom stereocenters. The molecule has 0 aromatic carbocycles. The van der Waals surface area contributed by atoms with E-state index in [9.17, 15) is 5.11 Å². The largest absolute Gasteiger partial charge is 0.393 e. The summed E-state index contributed by atoms with van der Waals surface area (Å²) in [6.07, 6.45) is 0.938. The van der Waals surface area contributed by atoms with Crippen LogP contribution >= 0.6 is 0 Å². The lowest BCUT2D eigenvalue weighted by Gasteiger charge is -2.35. The highest BCUT2D eigenvalue weighted by Crippen LogP contribution is 2.09. The number of rotatable bonds is 7. The van der Waals surface area contributed by atoms with Crippen molar-refractivity contribution in [1.29, 1.82) is 0 Å². The fourth-order valence-electron chi connectivity index (χ4n) is 2.42. The number of likely N-dealkylation sites (N-methyl/N-ethyl adjacent to an activating group) is 1. The van der Waals surface area contributed by atoms with E-state index in [1.54, 1.807) is 0 Å². The Bertz CT molecular complexity index is 222. The first kappa shape index (κ1) is 15.9. The van der Waals surface area contributed by atoms with Crippen LogP contribution in [0.3, 0.4) is 0 Å². The lowest BCUT2D eigenvalue weighted by atomic mass is 10.1. The summed E-state index contributed by atoms with van der Waals surface area (Å²) < 4.78 is 5.82. The van der Waals surface area contributed by atoms with Gasteiger partial charge in [-0.25, -0.2) is 0 Å². The van der Waals surface area contributed by atoms with Crippen LogP contribution in [0.4, 0.5) is 0 Å². The lowest BCUT2D eigenvalue weighted by molar-refractivity contribution is -0.0440. The van der Waals surface area contributed by atoms with Crippen molar-refractivity contribution in [3.63, 3.8) is 0 Å². The summed E-state index contributed by atoms with van der Waals surface area (Å²) >= 11 is 0. The Kier molecular flexibility index (Phi) is 7.15. The van der Waals surface area contributed by atoms with Gasteiger partial charge in [-0.3, -0.25) is 4.90 Å². The SMILES string of the molecule is CC(C)CN1CCOC(CN(C)CCC(C)O)C1. The van der Waals surface area contributed by atoms with Gasteiger partial charge in [-0.15, -0.1) is 0 Å². The third-order valence-corrected chi connectivity index (χ3v) is 3.29. The van der Waals surface area contributed by atoms with Crippen LogP contribution in [0.25, 0.3) is 0 Å². The van der Waals surface area contributed by atoms with Gasteiger partial charge in [0, 0.05) is 32.7 Å². The van der Waals surface area contributed by atoms with Crippen molar-refractivity contribution in [1.82, 2.24) is 9.80 Å². The predicted octanol–water partition coefficient (Wildman–Crippen LogP) is 1.05. The zero-order valence-electron chi connectivity index (χ0n) is 12.4. The van der Waals surface area contributed by atoms with Crippen LogP contribution in [0.15, 0.2) is 0 Å². The van der Waals surface area contributed by atoms with Gasteiger partial charge in [-0.2, -0.15) is 0 Å². The fraction of sp³-hybridized carbons (Fsp3) is 1.00. The standard InChI is InChI=1S/C14H30N2O2/c1-12(2)9-16-7-8-18-14(11-16)10-15(4)6-5-13(3)17/h12-14,17H,5-11H2,1-4H3. The van der Waals surface area contributed by atoms with Gasteiger partial charge in [-0.1, -0.05) is 13.8 Å². The smallest absolute Gasteiger partial charge is 0.0829 e. The van der Waals surface area contributed by atoms with Crippen molar-refractivity contribution >= 4 is 0 Å². The third-order valence-electron chi connectivity index (χ3n) is 3.29. The molecule has 0 amide bonds. The maximum atomic E-state index is 9.28. The minimum Gasteiger partial charge on any atom is -0.393 e. The Morgan fingerprint density at radius 2 is 2.11 bits per heavy atom. The molecule has 0 bridgehead atoms. The Hall–Kier alpha value is -0.160. The van der Waals surface area contributed by atoms with Crippen LogP contribution in [-0.4, -0.2) is 73.5 Å². The summed E-state index contributed by atoms with van der Waals surface area (Å²) in [5.74, 6) is 0.719. The average Bonchev–Trinajstić information content (AvgIpc) is 2.26. The number of hydrogen-bond donors (Lipinski definition) is 1. The molecule has 1 heterocycles. The maximum absolute atomic E-state index is 9.28. The first-order chi connectivity index (χ1) is 8.47. The minimum absolute atomic E-state index is 0.211. The summed E-state index contributed by atoms with van der Waals surface area (Å²) in [7, 11) is 2.10. The fourth-order valence-corrected chi connectivity index (χ4v) is 2.42. The molecule has 108 valence electrons. The highest BCUT2D eigenvalue weighted by molar-refractivity contribution is 4.75. The van der Waals surface area contributed by atoms with Gasteiger partial charge in [0.15, 0.2) is 0 Å². The number of ether oxygens (including phenoxy) is 1. The van der Waals surface area contributed by atoms with Crippen molar-refractivity contribution in [2.24, 2.45) is 5.92 Å². The molecule has 18 heavy (non-hydrogen) atoms. The molecule has 0 spiro atoms. The van der Waals surface area contributed by atoms with Crippen molar-refractivity contribution < 1.29 is 9.84 Å². The number of hydrogen-bond acceptors (Lipinski definition) is 4.